The molecule has 0 heterocycles. The summed E-state index contributed by atoms with van der Waals surface area (Å²) in [6.45, 7) is 1.59. The Hall–Kier alpha value is -2.30. The van der Waals surface area contributed by atoms with Crippen LogP contribution in [0.4, 0.5) is 10.5 Å². The largest absolute Gasteiger partial charge is 0.480 e. The molecule has 0 bridgehead atoms. The van der Waals surface area contributed by atoms with Crippen LogP contribution in [0.3, 0.4) is 0 Å². The van der Waals surface area contributed by atoms with Gasteiger partial charge in [-0.1, -0.05) is 29.8 Å². The molecule has 0 spiro atoms. The predicted molar refractivity (Wildman–Crippen MR) is 76.9 cm³/mol. The van der Waals surface area contributed by atoms with Gasteiger partial charge >= 0.3 is 12.0 Å². The number of amides is 2. The second-order valence-corrected chi connectivity index (χ2v) is 4.90. The van der Waals surface area contributed by atoms with Gasteiger partial charge in [-0.2, -0.15) is 0 Å². The summed E-state index contributed by atoms with van der Waals surface area (Å²) in [4.78, 5) is 24.5. The van der Waals surface area contributed by atoms with Crippen molar-refractivity contribution in [3.05, 3.63) is 42.0 Å². The maximum atomic E-state index is 12.2. The fourth-order valence-corrected chi connectivity index (χ4v) is 2.13. The Balaban J connectivity index is 2.11. The van der Waals surface area contributed by atoms with Gasteiger partial charge in [0.25, 0.3) is 0 Å². The summed E-state index contributed by atoms with van der Waals surface area (Å²) in [5, 5.41) is 11.8. The summed E-state index contributed by atoms with van der Waals surface area (Å²) >= 11 is 0. The third-order valence-corrected chi connectivity index (χ3v) is 3.22. The second kappa shape index (κ2) is 6.23. The number of carboxylic acid groups (broad SMARTS) is 1. The molecule has 0 saturated carbocycles. The monoisotopic (exact) mass is 274 g/mol. The average molecular weight is 274 g/mol. The van der Waals surface area contributed by atoms with Crippen molar-refractivity contribution in [1.29, 1.82) is 0 Å². The number of aryl methyl sites for hydroxylation is 1. The summed E-state index contributed by atoms with van der Waals surface area (Å²) in [5.74, 6) is -1.04. The fourth-order valence-electron chi connectivity index (χ4n) is 2.13. The molecule has 0 saturated heterocycles. The van der Waals surface area contributed by atoms with E-state index in [9.17, 15) is 9.59 Å². The third kappa shape index (κ3) is 3.60. The van der Waals surface area contributed by atoms with Crippen LogP contribution in [0.1, 0.15) is 18.4 Å². The van der Waals surface area contributed by atoms with Gasteiger partial charge in [-0.3, -0.25) is 9.69 Å². The SMILES string of the molecule is Cc1ccc(N(CC(=O)O)C(=O)NC2CC=CC2)cc1. The number of nitrogens with zero attached hydrogens (tertiary/aromatic N) is 1. The zero-order valence-electron chi connectivity index (χ0n) is 11.4. The van der Waals surface area contributed by atoms with Crippen molar-refractivity contribution in [2.45, 2.75) is 25.8 Å². The van der Waals surface area contributed by atoms with E-state index in [0.717, 1.165) is 18.4 Å². The smallest absolute Gasteiger partial charge is 0.323 e. The Morgan fingerprint density at radius 3 is 2.40 bits per heavy atom. The molecule has 0 fully saturated rings. The number of nitrogens with one attached hydrogen (secondary N) is 1. The molecule has 1 aromatic carbocycles. The minimum absolute atomic E-state index is 0.0595. The van der Waals surface area contributed by atoms with Crippen LogP contribution in [-0.4, -0.2) is 29.7 Å². The average Bonchev–Trinajstić information content (AvgIpc) is 2.89. The first-order valence-corrected chi connectivity index (χ1v) is 6.58. The molecular formula is C15H18N2O3. The van der Waals surface area contributed by atoms with Crippen LogP contribution >= 0.6 is 0 Å². The van der Waals surface area contributed by atoms with Gasteiger partial charge in [-0.05, 0) is 31.9 Å². The topological polar surface area (TPSA) is 69.6 Å². The number of anilines is 1. The number of rotatable bonds is 4. The van der Waals surface area contributed by atoms with E-state index in [1.54, 1.807) is 12.1 Å². The first kappa shape index (κ1) is 14.1. The van der Waals surface area contributed by atoms with E-state index in [0.29, 0.717) is 5.69 Å². The number of carbonyl (C=O) groups excluding carboxylic acids is 1. The molecule has 0 aliphatic heterocycles. The summed E-state index contributed by atoms with van der Waals surface area (Å²) < 4.78 is 0. The minimum atomic E-state index is -1.04. The molecule has 5 heteroatoms. The van der Waals surface area contributed by atoms with E-state index in [2.05, 4.69) is 5.32 Å². The van der Waals surface area contributed by atoms with Crippen molar-refractivity contribution in [2.75, 3.05) is 11.4 Å². The quantitative estimate of drug-likeness (QED) is 0.828. The van der Waals surface area contributed by atoms with Gasteiger partial charge in [0.15, 0.2) is 0 Å². The number of carboxylic acids is 1. The van der Waals surface area contributed by atoms with Crippen LogP contribution in [0.15, 0.2) is 36.4 Å². The number of aliphatic carboxylic acids is 1. The molecule has 1 aliphatic carbocycles. The first-order chi connectivity index (χ1) is 9.56. The van der Waals surface area contributed by atoms with Gasteiger partial charge < -0.3 is 10.4 Å². The van der Waals surface area contributed by atoms with E-state index in [1.807, 2.05) is 31.2 Å². The highest BCUT2D eigenvalue weighted by atomic mass is 16.4. The Bertz CT molecular complexity index is 514. The molecule has 2 N–H and O–H groups in total. The molecule has 5 nitrogen and oxygen atoms in total. The van der Waals surface area contributed by atoms with Crippen LogP contribution in [0, 0.1) is 6.92 Å². The number of carbonyl (C=O) groups is 2. The van der Waals surface area contributed by atoms with Crippen LogP contribution in [0.5, 0.6) is 0 Å². The lowest BCUT2D eigenvalue weighted by Crippen LogP contribution is -2.46. The minimum Gasteiger partial charge on any atom is -0.480 e. The zero-order valence-corrected chi connectivity index (χ0v) is 11.4. The molecular weight excluding hydrogens is 256 g/mol. The maximum Gasteiger partial charge on any atom is 0.323 e. The lowest BCUT2D eigenvalue weighted by molar-refractivity contribution is -0.135. The van der Waals surface area contributed by atoms with Gasteiger partial charge in [0.1, 0.15) is 6.54 Å². The molecule has 0 atom stereocenters. The van der Waals surface area contributed by atoms with Crippen molar-refractivity contribution in [1.82, 2.24) is 5.32 Å². The summed E-state index contributed by atoms with van der Waals surface area (Å²) in [5.41, 5.74) is 1.64. The summed E-state index contributed by atoms with van der Waals surface area (Å²) in [6, 6.07) is 6.91. The summed E-state index contributed by atoms with van der Waals surface area (Å²) in [7, 11) is 0. The Morgan fingerprint density at radius 1 is 1.25 bits per heavy atom. The predicted octanol–water partition coefficient (Wildman–Crippen LogP) is 2.31. The lowest BCUT2D eigenvalue weighted by atomic mass is 10.2. The van der Waals surface area contributed by atoms with Crippen LogP contribution in [-0.2, 0) is 4.79 Å². The highest BCUT2D eigenvalue weighted by molar-refractivity contribution is 5.96. The van der Waals surface area contributed by atoms with Gasteiger partial charge in [0.2, 0.25) is 0 Å². The zero-order chi connectivity index (χ0) is 14.5. The van der Waals surface area contributed by atoms with Gasteiger partial charge in [0.05, 0.1) is 0 Å². The van der Waals surface area contributed by atoms with E-state index in [4.69, 9.17) is 5.11 Å². The van der Waals surface area contributed by atoms with E-state index in [1.165, 1.54) is 4.90 Å². The van der Waals surface area contributed by atoms with Crippen molar-refractivity contribution < 1.29 is 14.7 Å². The van der Waals surface area contributed by atoms with E-state index >= 15 is 0 Å². The normalized spacial score (nSPS) is 14.2. The molecule has 0 radical (unpaired) electrons. The van der Waals surface area contributed by atoms with E-state index in [-0.39, 0.29) is 18.6 Å². The number of hydrogen-bond acceptors (Lipinski definition) is 2. The number of benzene rings is 1. The lowest BCUT2D eigenvalue weighted by Gasteiger charge is -2.23. The van der Waals surface area contributed by atoms with Crippen LogP contribution < -0.4 is 10.2 Å². The Morgan fingerprint density at radius 2 is 1.85 bits per heavy atom. The Labute approximate surface area is 117 Å². The van der Waals surface area contributed by atoms with Crippen molar-refractivity contribution in [3.8, 4) is 0 Å². The van der Waals surface area contributed by atoms with Gasteiger partial charge in [-0.25, -0.2) is 4.79 Å². The number of hydrogen-bond donors (Lipinski definition) is 2. The standard InChI is InChI=1S/C15H18N2O3/c1-11-6-8-13(9-7-11)17(10-14(18)19)15(20)16-12-4-2-3-5-12/h2-3,6-9,12H,4-5,10H2,1H3,(H,16,20)(H,18,19). The summed E-state index contributed by atoms with van der Waals surface area (Å²) in [6.07, 6.45) is 5.61. The highest BCUT2D eigenvalue weighted by Gasteiger charge is 2.21. The van der Waals surface area contributed by atoms with Crippen LogP contribution in [0.25, 0.3) is 0 Å². The van der Waals surface area contributed by atoms with Gasteiger partial charge in [0, 0.05) is 11.7 Å². The van der Waals surface area contributed by atoms with Crippen molar-refractivity contribution >= 4 is 17.7 Å². The fraction of sp³-hybridized carbons (Fsp3) is 0.333. The molecule has 2 amide bonds. The highest BCUT2D eigenvalue weighted by Crippen LogP contribution is 2.16. The molecule has 0 unspecified atom stereocenters. The first-order valence-electron chi connectivity index (χ1n) is 6.58. The molecule has 2 rings (SSSR count). The molecule has 20 heavy (non-hydrogen) atoms. The molecule has 1 aliphatic rings. The van der Waals surface area contributed by atoms with Crippen molar-refractivity contribution in [2.24, 2.45) is 0 Å². The van der Waals surface area contributed by atoms with E-state index < -0.39 is 5.97 Å². The third-order valence-electron chi connectivity index (χ3n) is 3.22. The second-order valence-electron chi connectivity index (χ2n) is 4.90. The number of urea groups is 1. The Kier molecular flexibility index (Phi) is 4.40. The van der Waals surface area contributed by atoms with Crippen molar-refractivity contribution in [3.63, 3.8) is 0 Å². The molecule has 106 valence electrons. The van der Waals surface area contributed by atoms with Crippen LogP contribution in [0.2, 0.25) is 0 Å². The molecule has 1 aromatic rings. The maximum absolute atomic E-state index is 12.2. The van der Waals surface area contributed by atoms with Gasteiger partial charge in [-0.15, -0.1) is 0 Å². The molecule has 0 aromatic heterocycles.